The number of rotatable bonds is 2. The highest BCUT2D eigenvalue weighted by Gasteiger charge is 2.20. The Kier molecular flexibility index (Phi) is 1.82. The zero-order valence-corrected chi connectivity index (χ0v) is 4.84. The molecule has 1 atom stereocenters. The van der Waals surface area contributed by atoms with Crippen molar-refractivity contribution in [3.63, 3.8) is 0 Å². The third-order valence-electron chi connectivity index (χ3n) is 1.22. The third kappa shape index (κ3) is 1.28. The Bertz CT molecular complexity index is 142. The Morgan fingerprint density at radius 1 is 1.78 bits per heavy atom. The minimum absolute atomic E-state index is 0.245. The molecule has 0 aliphatic carbocycles. The van der Waals surface area contributed by atoms with Crippen LogP contribution < -0.4 is 0 Å². The van der Waals surface area contributed by atoms with Crippen LogP contribution in [0.5, 0.6) is 0 Å². The summed E-state index contributed by atoms with van der Waals surface area (Å²) in [5.41, 5.74) is 0. The van der Waals surface area contributed by atoms with E-state index >= 15 is 0 Å². The predicted octanol–water partition coefficient (Wildman–Crippen LogP) is 1.03. The van der Waals surface area contributed by atoms with E-state index in [-0.39, 0.29) is 18.3 Å². The van der Waals surface area contributed by atoms with Gasteiger partial charge in [0.2, 0.25) is 0 Å². The van der Waals surface area contributed by atoms with Gasteiger partial charge in [-0.15, -0.1) is 0 Å². The van der Waals surface area contributed by atoms with Gasteiger partial charge in [0.25, 0.3) is 0 Å². The molecule has 1 unspecified atom stereocenters. The predicted molar refractivity (Wildman–Crippen MR) is 29.3 cm³/mol. The van der Waals surface area contributed by atoms with Crippen molar-refractivity contribution >= 4 is 5.97 Å². The van der Waals surface area contributed by atoms with Crippen molar-refractivity contribution < 1.29 is 13.9 Å². The molecule has 0 aromatic heterocycles. The Labute approximate surface area is 52.3 Å². The largest absolute Gasteiger partial charge is 0.434 e. The van der Waals surface area contributed by atoms with Crippen molar-refractivity contribution in [1.29, 1.82) is 0 Å². The maximum atomic E-state index is 11.6. The Hall–Kier alpha value is -0.860. The summed E-state index contributed by atoms with van der Waals surface area (Å²) < 4.78 is 16.0. The molecule has 1 heterocycles. The molecule has 0 fully saturated rings. The van der Waals surface area contributed by atoms with E-state index in [9.17, 15) is 9.18 Å². The second-order valence-corrected chi connectivity index (χ2v) is 1.85. The second-order valence-electron chi connectivity index (χ2n) is 1.85. The van der Waals surface area contributed by atoms with E-state index < -0.39 is 6.67 Å². The molecule has 9 heavy (non-hydrogen) atoms. The highest BCUT2D eigenvalue weighted by atomic mass is 19.1. The van der Waals surface area contributed by atoms with Crippen LogP contribution in [0.3, 0.4) is 0 Å². The zero-order valence-electron chi connectivity index (χ0n) is 4.84. The fourth-order valence-electron chi connectivity index (χ4n) is 0.699. The number of ether oxygens (including phenoxy) is 1. The van der Waals surface area contributed by atoms with E-state index in [1.807, 2.05) is 0 Å². The summed E-state index contributed by atoms with van der Waals surface area (Å²) in [6.07, 6.45) is 3.12. The maximum absolute atomic E-state index is 11.6. The van der Waals surface area contributed by atoms with E-state index in [0.29, 0.717) is 0 Å². The zero-order chi connectivity index (χ0) is 6.69. The molecule has 1 aliphatic rings. The molecule has 0 saturated carbocycles. The van der Waals surface area contributed by atoms with E-state index in [2.05, 4.69) is 4.74 Å². The molecule has 1 aliphatic heterocycles. The first-order valence-electron chi connectivity index (χ1n) is 2.77. The lowest BCUT2D eigenvalue weighted by Crippen LogP contribution is -2.08. The molecule has 0 aromatic carbocycles. The van der Waals surface area contributed by atoms with Crippen LogP contribution in [-0.2, 0) is 9.53 Å². The molecule has 0 amide bonds. The smallest absolute Gasteiger partial charge is 0.317 e. The fraction of sp³-hybridized carbons (Fsp3) is 0.500. The molecular weight excluding hydrogens is 123 g/mol. The fourth-order valence-corrected chi connectivity index (χ4v) is 0.699. The van der Waals surface area contributed by atoms with E-state index in [1.165, 1.54) is 6.26 Å². The number of halogens is 1. The standard InChI is InChI=1S/C6H7FO2/c7-3-1-5-2-4-9-6(5)8/h2,4-5H,1,3H2. The molecule has 0 spiro atoms. The van der Waals surface area contributed by atoms with Crippen LogP contribution in [0.2, 0.25) is 0 Å². The van der Waals surface area contributed by atoms with Crippen molar-refractivity contribution in [2.45, 2.75) is 6.42 Å². The number of hydrogen-bond donors (Lipinski definition) is 0. The number of alkyl halides is 1. The molecule has 50 valence electrons. The Balaban J connectivity index is 2.40. The first-order chi connectivity index (χ1) is 4.34. The number of hydrogen-bond acceptors (Lipinski definition) is 2. The molecule has 0 N–H and O–H groups in total. The number of esters is 1. The van der Waals surface area contributed by atoms with Crippen LogP contribution in [0.4, 0.5) is 4.39 Å². The van der Waals surface area contributed by atoms with Crippen molar-refractivity contribution in [1.82, 2.24) is 0 Å². The minimum atomic E-state index is -0.468. The Morgan fingerprint density at radius 3 is 3.00 bits per heavy atom. The first-order valence-corrected chi connectivity index (χ1v) is 2.77. The molecule has 0 saturated heterocycles. The van der Waals surface area contributed by atoms with Gasteiger partial charge >= 0.3 is 5.97 Å². The van der Waals surface area contributed by atoms with Gasteiger partial charge in [-0.2, -0.15) is 0 Å². The normalized spacial score (nSPS) is 24.6. The summed E-state index contributed by atoms with van der Waals surface area (Å²) in [5, 5.41) is 0. The van der Waals surface area contributed by atoms with Crippen LogP contribution in [0, 0.1) is 5.92 Å². The lowest BCUT2D eigenvalue weighted by atomic mass is 10.1. The average molecular weight is 130 g/mol. The highest BCUT2D eigenvalue weighted by molar-refractivity contribution is 5.77. The van der Waals surface area contributed by atoms with E-state index in [4.69, 9.17) is 0 Å². The minimum Gasteiger partial charge on any atom is -0.434 e. The van der Waals surface area contributed by atoms with Gasteiger partial charge in [-0.3, -0.25) is 9.18 Å². The summed E-state index contributed by atoms with van der Waals surface area (Å²) in [4.78, 5) is 10.5. The maximum Gasteiger partial charge on any atom is 0.317 e. The van der Waals surface area contributed by atoms with Gasteiger partial charge in [0.15, 0.2) is 0 Å². The van der Waals surface area contributed by atoms with Gasteiger partial charge < -0.3 is 4.74 Å². The van der Waals surface area contributed by atoms with Gasteiger partial charge in [-0.25, -0.2) is 0 Å². The summed E-state index contributed by atoms with van der Waals surface area (Å²) in [5.74, 6) is -0.678. The average Bonchev–Trinajstić information content (AvgIpc) is 2.18. The summed E-state index contributed by atoms with van der Waals surface area (Å²) in [6, 6.07) is 0. The van der Waals surface area contributed by atoms with Crippen LogP contribution in [-0.4, -0.2) is 12.6 Å². The lowest BCUT2D eigenvalue weighted by molar-refractivity contribution is -0.139. The summed E-state index contributed by atoms with van der Waals surface area (Å²) in [6.45, 7) is -0.468. The van der Waals surface area contributed by atoms with Crippen molar-refractivity contribution in [3.8, 4) is 0 Å². The molecule has 2 nitrogen and oxygen atoms in total. The molecule has 0 aromatic rings. The summed E-state index contributed by atoms with van der Waals surface area (Å²) in [7, 11) is 0. The number of carbonyl (C=O) groups excluding carboxylic acids is 1. The van der Waals surface area contributed by atoms with Crippen LogP contribution >= 0.6 is 0 Å². The van der Waals surface area contributed by atoms with Gasteiger partial charge in [0.1, 0.15) is 0 Å². The van der Waals surface area contributed by atoms with Gasteiger partial charge in [0, 0.05) is 0 Å². The number of cyclic esters (lactones) is 1. The van der Waals surface area contributed by atoms with E-state index in [0.717, 1.165) is 0 Å². The lowest BCUT2D eigenvalue weighted by Gasteiger charge is -1.97. The topological polar surface area (TPSA) is 26.3 Å². The molecule has 0 radical (unpaired) electrons. The van der Waals surface area contributed by atoms with Crippen molar-refractivity contribution in [3.05, 3.63) is 12.3 Å². The molecule has 0 bridgehead atoms. The SMILES string of the molecule is O=C1OC=CC1CCF. The van der Waals surface area contributed by atoms with Gasteiger partial charge in [-0.05, 0) is 12.5 Å². The second kappa shape index (κ2) is 2.62. The molecule has 1 rings (SSSR count). The quantitative estimate of drug-likeness (QED) is 0.522. The number of carbonyl (C=O) groups is 1. The monoisotopic (exact) mass is 130 g/mol. The van der Waals surface area contributed by atoms with Crippen LogP contribution in [0.15, 0.2) is 12.3 Å². The van der Waals surface area contributed by atoms with Gasteiger partial charge in [-0.1, -0.05) is 0 Å². The first kappa shape index (κ1) is 6.26. The molecule has 3 heteroatoms. The third-order valence-corrected chi connectivity index (χ3v) is 1.22. The van der Waals surface area contributed by atoms with Crippen molar-refractivity contribution in [2.75, 3.05) is 6.67 Å². The summed E-state index contributed by atoms with van der Waals surface area (Å²) >= 11 is 0. The molecular formula is C6H7FO2. The van der Waals surface area contributed by atoms with Crippen LogP contribution in [0.25, 0.3) is 0 Å². The van der Waals surface area contributed by atoms with Crippen molar-refractivity contribution in [2.24, 2.45) is 5.92 Å². The van der Waals surface area contributed by atoms with Gasteiger partial charge in [0.05, 0.1) is 18.9 Å². The van der Waals surface area contributed by atoms with E-state index in [1.54, 1.807) is 6.08 Å². The Morgan fingerprint density at radius 2 is 2.56 bits per heavy atom. The highest BCUT2D eigenvalue weighted by Crippen LogP contribution is 2.13. The van der Waals surface area contributed by atoms with Crippen LogP contribution in [0.1, 0.15) is 6.42 Å².